The summed E-state index contributed by atoms with van der Waals surface area (Å²) in [4.78, 5) is 43.6. The SMILES string of the molecule is COC1=C(C)C(=O)C2=C(C1=O)C(CNC(=O)[C@H](C)N)N1[C@@H](O)[C@@H]3[C@@H](OC)c4c(O)c(C)c(OC)c(O)c4[C@H]([C@@H]1C2)N3C. The molecule has 0 radical (unpaired) electrons. The van der Waals surface area contributed by atoms with Crippen molar-refractivity contribution < 1.29 is 43.9 Å². The van der Waals surface area contributed by atoms with Gasteiger partial charge in [0.2, 0.25) is 11.7 Å². The molecule has 1 aromatic carbocycles. The number of allylic oxidation sites excluding steroid dienone is 2. The Morgan fingerprint density at radius 1 is 1.10 bits per heavy atom. The monoisotopic (exact) mass is 586 g/mol. The molecule has 0 saturated carbocycles. The number of aliphatic hydroxyl groups is 1. The number of fused-ring (bicyclic) bond motifs is 6. The molecule has 1 saturated heterocycles. The van der Waals surface area contributed by atoms with Gasteiger partial charge in [-0.05, 0) is 34.2 Å². The van der Waals surface area contributed by atoms with Gasteiger partial charge in [0.15, 0.2) is 23.0 Å². The number of ketones is 2. The quantitative estimate of drug-likeness (QED) is 0.224. The summed E-state index contributed by atoms with van der Waals surface area (Å²) < 4.78 is 16.7. The van der Waals surface area contributed by atoms with Crippen LogP contribution in [0.2, 0.25) is 0 Å². The number of aliphatic hydroxyl groups excluding tert-OH is 1. The van der Waals surface area contributed by atoms with E-state index in [1.165, 1.54) is 35.2 Å². The van der Waals surface area contributed by atoms with Crippen molar-refractivity contribution >= 4 is 17.5 Å². The molecule has 6 N–H and O–H groups in total. The number of amides is 1. The summed E-state index contributed by atoms with van der Waals surface area (Å²) in [6, 6.07) is -3.93. The summed E-state index contributed by atoms with van der Waals surface area (Å²) in [5.74, 6) is -1.66. The summed E-state index contributed by atoms with van der Waals surface area (Å²) in [7, 11) is 5.91. The third kappa shape index (κ3) is 3.98. The van der Waals surface area contributed by atoms with Gasteiger partial charge in [-0.25, -0.2) is 0 Å². The average molecular weight is 587 g/mol. The van der Waals surface area contributed by atoms with E-state index in [4.69, 9.17) is 19.9 Å². The highest BCUT2D eigenvalue weighted by atomic mass is 16.5. The second-order valence-electron chi connectivity index (χ2n) is 11.3. The molecule has 1 aliphatic carbocycles. The molecule has 1 fully saturated rings. The molecule has 1 aromatic rings. The number of phenols is 2. The standard InChI is InChI=1S/C29H38N4O9/c1-10-21(34)13-8-14-19-17-18(22(35)11(2)26(41-6)24(17)37)27(42-7)20(32(19)4)29(39)33(14)15(9-31-28(38)12(3)30)16(13)23(36)25(10)40-5/h12,14-15,19-20,27,29,35,37,39H,8-9,30H2,1-7H3,(H,31,38)/t12-,14-,15?,19-,20-,27-,29-/m0/s1. The van der Waals surface area contributed by atoms with Crippen molar-refractivity contribution in [3.8, 4) is 17.2 Å². The molecule has 13 nitrogen and oxygen atoms in total. The van der Waals surface area contributed by atoms with Gasteiger partial charge < -0.3 is 40.6 Å². The number of aromatic hydroxyl groups is 2. The molecular weight excluding hydrogens is 548 g/mol. The number of Topliss-reactive ketones (excluding diaryl/α,β-unsaturated/α-hetero) is 2. The molecule has 0 aromatic heterocycles. The highest BCUT2D eigenvalue weighted by Gasteiger charge is 2.60. The smallest absolute Gasteiger partial charge is 0.236 e. The molecule has 13 heteroatoms. The number of piperazine rings is 1. The average Bonchev–Trinajstić information content (AvgIpc) is 2.95. The van der Waals surface area contributed by atoms with E-state index in [9.17, 15) is 29.7 Å². The molecule has 228 valence electrons. The van der Waals surface area contributed by atoms with Crippen molar-refractivity contribution in [2.45, 2.75) is 69.7 Å². The van der Waals surface area contributed by atoms with Gasteiger partial charge in [-0.3, -0.25) is 24.2 Å². The highest BCUT2D eigenvalue weighted by Crippen LogP contribution is 2.59. The van der Waals surface area contributed by atoms with Crippen molar-refractivity contribution in [2.75, 3.05) is 34.9 Å². The lowest BCUT2D eigenvalue weighted by Gasteiger charge is -2.61. The summed E-state index contributed by atoms with van der Waals surface area (Å²) >= 11 is 0. The topological polar surface area (TPSA) is 184 Å². The maximum Gasteiger partial charge on any atom is 0.236 e. The zero-order valence-electron chi connectivity index (χ0n) is 24.7. The van der Waals surface area contributed by atoms with Crippen LogP contribution in [-0.2, 0) is 23.9 Å². The number of carbonyl (C=O) groups excluding carboxylic acids is 3. The molecule has 4 aliphatic rings. The minimum Gasteiger partial charge on any atom is -0.507 e. The molecule has 3 heterocycles. The van der Waals surface area contributed by atoms with Crippen LogP contribution in [0.25, 0.3) is 0 Å². The van der Waals surface area contributed by atoms with Crippen molar-refractivity contribution in [3.05, 3.63) is 39.2 Å². The van der Waals surface area contributed by atoms with Gasteiger partial charge in [-0.15, -0.1) is 0 Å². The van der Waals surface area contributed by atoms with Crippen molar-refractivity contribution in [1.82, 2.24) is 15.1 Å². The van der Waals surface area contributed by atoms with Gasteiger partial charge in [0.05, 0.1) is 38.4 Å². The van der Waals surface area contributed by atoms with E-state index >= 15 is 0 Å². The van der Waals surface area contributed by atoms with Crippen LogP contribution in [0, 0.1) is 6.92 Å². The van der Waals surface area contributed by atoms with E-state index < -0.39 is 54.2 Å². The first kappa shape index (κ1) is 30.0. The Hall–Kier alpha value is -3.49. The molecule has 2 bridgehead atoms. The van der Waals surface area contributed by atoms with E-state index in [1.54, 1.807) is 18.9 Å². The first-order valence-electron chi connectivity index (χ1n) is 13.8. The maximum absolute atomic E-state index is 13.8. The summed E-state index contributed by atoms with van der Waals surface area (Å²) in [5, 5.41) is 37.7. The number of carbonyl (C=O) groups is 3. The third-order valence-corrected chi connectivity index (χ3v) is 9.25. The molecule has 42 heavy (non-hydrogen) atoms. The van der Waals surface area contributed by atoms with Gasteiger partial charge in [0, 0.05) is 53.1 Å². The second kappa shape index (κ2) is 10.7. The number of ether oxygens (including phenoxy) is 3. The normalized spacial score (nSPS) is 30.0. The Morgan fingerprint density at radius 3 is 2.33 bits per heavy atom. The molecule has 0 spiro atoms. The number of nitrogens with zero attached hydrogens (tertiary/aromatic N) is 2. The Balaban J connectivity index is 1.76. The maximum atomic E-state index is 13.8. The summed E-state index contributed by atoms with van der Waals surface area (Å²) in [6.45, 7) is 4.52. The molecule has 3 aliphatic heterocycles. The Bertz CT molecular complexity index is 1430. The van der Waals surface area contributed by atoms with Crippen LogP contribution in [0.4, 0.5) is 0 Å². The van der Waals surface area contributed by atoms with E-state index in [0.717, 1.165) is 0 Å². The van der Waals surface area contributed by atoms with Crippen LogP contribution in [0.3, 0.4) is 0 Å². The van der Waals surface area contributed by atoms with Crippen LogP contribution in [-0.4, -0.2) is 108 Å². The van der Waals surface area contributed by atoms with Crippen molar-refractivity contribution in [2.24, 2.45) is 5.73 Å². The minimum absolute atomic E-state index is 0.0399. The lowest BCUT2D eigenvalue weighted by atomic mass is 9.70. The number of rotatable bonds is 6. The van der Waals surface area contributed by atoms with E-state index in [0.29, 0.717) is 16.7 Å². The van der Waals surface area contributed by atoms with Crippen LogP contribution >= 0.6 is 0 Å². The number of hydrogen-bond acceptors (Lipinski definition) is 12. The molecule has 1 unspecified atom stereocenters. The van der Waals surface area contributed by atoms with E-state index in [-0.39, 0.29) is 58.5 Å². The number of likely N-dealkylation sites (N-methyl/N-ethyl adjacent to an activating group) is 1. The lowest BCUT2D eigenvalue weighted by molar-refractivity contribution is -0.198. The van der Waals surface area contributed by atoms with Crippen LogP contribution < -0.4 is 15.8 Å². The molecular formula is C29H38N4O9. The summed E-state index contributed by atoms with van der Waals surface area (Å²) in [5.41, 5.74) is 7.30. The predicted molar refractivity (Wildman–Crippen MR) is 149 cm³/mol. The largest absolute Gasteiger partial charge is 0.507 e. The minimum atomic E-state index is -1.29. The van der Waals surface area contributed by atoms with Gasteiger partial charge >= 0.3 is 0 Å². The fourth-order valence-electron chi connectivity index (χ4n) is 7.34. The lowest BCUT2D eigenvalue weighted by Crippen LogP contribution is -2.72. The Morgan fingerprint density at radius 2 is 1.76 bits per heavy atom. The summed E-state index contributed by atoms with van der Waals surface area (Å²) in [6.07, 6.45) is -2.15. The fraction of sp³-hybridized carbons (Fsp3) is 0.552. The van der Waals surface area contributed by atoms with Crippen LogP contribution in [0.15, 0.2) is 22.5 Å². The van der Waals surface area contributed by atoms with Crippen molar-refractivity contribution in [3.63, 3.8) is 0 Å². The van der Waals surface area contributed by atoms with Gasteiger partial charge in [0.25, 0.3) is 0 Å². The Kier molecular flexibility index (Phi) is 7.60. The zero-order chi connectivity index (χ0) is 30.9. The number of phenolic OH excluding ortho intramolecular Hbond substituents is 2. The first-order valence-corrected chi connectivity index (χ1v) is 13.8. The van der Waals surface area contributed by atoms with Crippen LogP contribution in [0.5, 0.6) is 17.2 Å². The third-order valence-electron chi connectivity index (χ3n) is 9.25. The van der Waals surface area contributed by atoms with Crippen molar-refractivity contribution in [1.29, 1.82) is 0 Å². The van der Waals surface area contributed by atoms with Crippen LogP contribution in [0.1, 0.15) is 49.1 Å². The van der Waals surface area contributed by atoms with Gasteiger partial charge in [0.1, 0.15) is 18.1 Å². The molecule has 7 atom stereocenters. The van der Waals surface area contributed by atoms with Gasteiger partial charge in [-0.1, -0.05) is 0 Å². The van der Waals surface area contributed by atoms with E-state index in [1.807, 2.05) is 4.90 Å². The number of benzene rings is 1. The first-order chi connectivity index (χ1) is 19.8. The second-order valence-corrected chi connectivity index (χ2v) is 11.3. The fourth-order valence-corrected chi connectivity index (χ4v) is 7.34. The predicted octanol–water partition coefficient (Wildman–Crippen LogP) is 0.0645. The number of methoxy groups -OCH3 is 3. The van der Waals surface area contributed by atoms with Gasteiger partial charge in [-0.2, -0.15) is 0 Å². The zero-order valence-corrected chi connectivity index (χ0v) is 24.7. The number of hydrogen-bond donors (Lipinski definition) is 5. The number of nitrogens with one attached hydrogen (secondary N) is 1. The molecule has 5 rings (SSSR count). The molecule has 1 amide bonds. The van der Waals surface area contributed by atoms with E-state index in [2.05, 4.69) is 5.32 Å². The highest BCUT2D eigenvalue weighted by molar-refractivity contribution is 6.25. The number of nitrogens with two attached hydrogens (primary N) is 1. The Labute approximate surface area is 243 Å².